The van der Waals surface area contributed by atoms with E-state index in [2.05, 4.69) is 5.32 Å². The molecule has 0 amide bonds. The van der Waals surface area contributed by atoms with Crippen LogP contribution in [0.15, 0.2) is 0 Å². The fourth-order valence-electron chi connectivity index (χ4n) is 2.07. The lowest BCUT2D eigenvalue weighted by atomic mass is 10.0. The molecule has 4 nitrogen and oxygen atoms in total. The van der Waals surface area contributed by atoms with Crippen molar-refractivity contribution in [1.29, 1.82) is 0 Å². The highest BCUT2D eigenvalue weighted by Crippen LogP contribution is 2.21. The van der Waals surface area contributed by atoms with Crippen molar-refractivity contribution >= 4 is 0 Å². The first-order valence-electron chi connectivity index (χ1n) is 5.73. The number of hydrogen-bond acceptors (Lipinski definition) is 4. The van der Waals surface area contributed by atoms with Gasteiger partial charge >= 0.3 is 6.18 Å². The summed E-state index contributed by atoms with van der Waals surface area (Å²) in [5, 5.41) is 21.1. The van der Waals surface area contributed by atoms with E-state index in [-0.39, 0.29) is 12.6 Å². The molecule has 1 aliphatic rings. The van der Waals surface area contributed by atoms with Gasteiger partial charge < -0.3 is 15.5 Å². The van der Waals surface area contributed by atoms with Crippen LogP contribution in [0, 0.1) is 0 Å². The van der Waals surface area contributed by atoms with Crippen LogP contribution >= 0.6 is 0 Å². The summed E-state index contributed by atoms with van der Waals surface area (Å²) >= 11 is 0. The van der Waals surface area contributed by atoms with E-state index in [0.717, 1.165) is 0 Å². The summed E-state index contributed by atoms with van der Waals surface area (Å²) in [5.41, 5.74) is 0. The van der Waals surface area contributed by atoms with E-state index >= 15 is 0 Å². The highest BCUT2D eigenvalue weighted by atomic mass is 19.4. The third kappa shape index (κ3) is 5.67. The number of aliphatic hydroxyl groups is 2. The van der Waals surface area contributed by atoms with Crippen LogP contribution in [-0.4, -0.2) is 66.2 Å². The zero-order valence-corrected chi connectivity index (χ0v) is 9.58. The Kier molecular flexibility index (Phi) is 5.64. The number of nitrogens with one attached hydrogen (secondary N) is 1. The monoisotopic (exact) mass is 256 g/mol. The molecule has 0 aromatic heterocycles. The van der Waals surface area contributed by atoms with Gasteiger partial charge in [0.25, 0.3) is 0 Å². The molecule has 1 saturated heterocycles. The second-order valence-corrected chi connectivity index (χ2v) is 4.36. The molecule has 7 heteroatoms. The van der Waals surface area contributed by atoms with Crippen LogP contribution in [0.3, 0.4) is 0 Å². The van der Waals surface area contributed by atoms with Gasteiger partial charge in [0.1, 0.15) is 0 Å². The molecule has 1 heterocycles. The van der Waals surface area contributed by atoms with Crippen molar-refractivity contribution in [3.8, 4) is 0 Å². The molecular weight excluding hydrogens is 237 g/mol. The van der Waals surface area contributed by atoms with E-state index in [1.165, 1.54) is 4.90 Å². The van der Waals surface area contributed by atoms with Crippen LogP contribution in [0.25, 0.3) is 0 Å². The van der Waals surface area contributed by atoms with Crippen LogP contribution in [0.2, 0.25) is 0 Å². The molecule has 0 aromatic rings. The lowest BCUT2D eigenvalue weighted by Crippen LogP contribution is -2.49. The molecule has 0 aromatic carbocycles. The molecule has 0 bridgehead atoms. The fourth-order valence-corrected chi connectivity index (χ4v) is 2.07. The smallest absolute Gasteiger partial charge is 0.394 e. The number of alkyl halides is 3. The predicted molar refractivity (Wildman–Crippen MR) is 56.6 cm³/mol. The fraction of sp³-hybridized carbons (Fsp3) is 1.00. The standard InChI is InChI=1S/C10H19F3N2O2/c11-10(12,13)7-15(5-9(17)6-16)8-1-3-14-4-2-8/h8-9,14,16-17H,1-7H2. The van der Waals surface area contributed by atoms with Gasteiger partial charge in [-0.2, -0.15) is 13.2 Å². The molecule has 17 heavy (non-hydrogen) atoms. The van der Waals surface area contributed by atoms with Crippen LogP contribution in [0.4, 0.5) is 13.2 Å². The maximum Gasteiger partial charge on any atom is 0.401 e. The number of aliphatic hydroxyl groups excluding tert-OH is 2. The number of rotatable bonds is 5. The number of nitrogens with zero attached hydrogens (tertiary/aromatic N) is 1. The largest absolute Gasteiger partial charge is 0.401 e. The van der Waals surface area contributed by atoms with E-state index < -0.39 is 25.4 Å². The maximum atomic E-state index is 12.4. The Bertz CT molecular complexity index is 220. The summed E-state index contributed by atoms with van der Waals surface area (Å²) in [6.45, 7) is -0.308. The van der Waals surface area contributed by atoms with Gasteiger partial charge in [0.2, 0.25) is 0 Å². The summed E-state index contributed by atoms with van der Waals surface area (Å²) in [4.78, 5) is 1.22. The van der Waals surface area contributed by atoms with Gasteiger partial charge in [-0.15, -0.1) is 0 Å². The summed E-state index contributed by atoms with van der Waals surface area (Å²) in [6.07, 6.45) is -4.13. The summed E-state index contributed by atoms with van der Waals surface area (Å²) in [7, 11) is 0. The number of halogens is 3. The minimum Gasteiger partial charge on any atom is -0.394 e. The van der Waals surface area contributed by atoms with Gasteiger partial charge in [-0.25, -0.2) is 0 Å². The molecule has 1 unspecified atom stereocenters. The van der Waals surface area contributed by atoms with Crippen LogP contribution in [0.5, 0.6) is 0 Å². The Morgan fingerprint density at radius 3 is 2.35 bits per heavy atom. The van der Waals surface area contributed by atoms with E-state index in [1.54, 1.807) is 0 Å². The molecule has 0 radical (unpaired) electrons. The van der Waals surface area contributed by atoms with E-state index in [4.69, 9.17) is 5.11 Å². The first-order valence-corrected chi connectivity index (χ1v) is 5.73. The van der Waals surface area contributed by atoms with Gasteiger partial charge in [-0.1, -0.05) is 0 Å². The average molecular weight is 256 g/mol. The normalized spacial score (nSPS) is 20.8. The van der Waals surface area contributed by atoms with Gasteiger partial charge in [-0.05, 0) is 25.9 Å². The minimum atomic E-state index is -4.28. The molecule has 1 atom stereocenters. The van der Waals surface area contributed by atoms with Crippen molar-refractivity contribution in [2.24, 2.45) is 0 Å². The maximum absolute atomic E-state index is 12.4. The molecule has 1 rings (SSSR count). The van der Waals surface area contributed by atoms with Gasteiger partial charge in [0.05, 0.1) is 19.3 Å². The third-order valence-corrected chi connectivity index (χ3v) is 2.86. The highest BCUT2D eigenvalue weighted by Gasteiger charge is 2.34. The van der Waals surface area contributed by atoms with Crippen molar-refractivity contribution in [2.45, 2.75) is 31.2 Å². The Morgan fingerprint density at radius 2 is 1.88 bits per heavy atom. The van der Waals surface area contributed by atoms with Crippen molar-refractivity contribution in [3.63, 3.8) is 0 Å². The molecular formula is C10H19F3N2O2. The SMILES string of the molecule is OCC(O)CN(CC(F)(F)F)C1CCNCC1. The summed E-state index contributed by atoms with van der Waals surface area (Å²) < 4.78 is 37.2. The van der Waals surface area contributed by atoms with Crippen molar-refractivity contribution < 1.29 is 23.4 Å². The van der Waals surface area contributed by atoms with Crippen molar-refractivity contribution in [2.75, 3.05) is 32.8 Å². The third-order valence-electron chi connectivity index (χ3n) is 2.86. The first kappa shape index (κ1) is 14.7. The summed E-state index contributed by atoms with van der Waals surface area (Å²) in [6, 6.07) is -0.181. The Balaban J connectivity index is 2.56. The number of hydrogen-bond donors (Lipinski definition) is 3. The van der Waals surface area contributed by atoms with Crippen LogP contribution in [-0.2, 0) is 0 Å². The predicted octanol–water partition coefficient (Wildman–Crippen LogP) is -0.0441. The van der Waals surface area contributed by atoms with Gasteiger partial charge in [0, 0.05) is 12.6 Å². The average Bonchev–Trinajstić information content (AvgIpc) is 2.27. The van der Waals surface area contributed by atoms with E-state index in [0.29, 0.717) is 25.9 Å². The molecule has 0 spiro atoms. The van der Waals surface area contributed by atoms with E-state index in [9.17, 15) is 18.3 Å². The van der Waals surface area contributed by atoms with Gasteiger partial charge in [0.15, 0.2) is 0 Å². The first-order chi connectivity index (χ1) is 7.92. The molecule has 3 N–H and O–H groups in total. The topological polar surface area (TPSA) is 55.7 Å². The zero-order chi connectivity index (χ0) is 12.9. The Labute approximate surface area is 98.4 Å². The Morgan fingerprint density at radius 1 is 1.29 bits per heavy atom. The van der Waals surface area contributed by atoms with Crippen LogP contribution in [0.1, 0.15) is 12.8 Å². The lowest BCUT2D eigenvalue weighted by molar-refractivity contribution is -0.155. The Hall–Kier alpha value is -0.370. The highest BCUT2D eigenvalue weighted by molar-refractivity contribution is 4.80. The molecule has 0 saturated carbocycles. The van der Waals surface area contributed by atoms with Gasteiger partial charge in [-0.3, -0.25) is 4.90 Å². The van der Waals surface area contributed by atoms with Crippen molar-refractivity contribution in [3.05, 3.63) is 0 Å². The summed E-state index contributed by atoms with van der Waals surface area (Å²) in [5.74, 6) is 0. The zero-order valence-electron chi connectivity index (χ0n) is 9.58. The molecule has 1 aliphatic heterocycles. The molecule has 102 valence electrons. The van der Waals surface area contributed by atoms with Crippen molar-refractivity contribution in [1.82, 2.24) is 10.2 Å². The molecule has 0 aliphatic carbocycles. The lowest BCUT2D eigenvalue weighted by Gasteiger charge is -2.35. The second kappa shape index (κ2) is 6.53. The quantitative estimate of drug-likeness (QED) is 0.646. The molecule has 1 fully saturated rings. The number of piperidine rings is 1. The minimum absolute atomic E-state index is 0.138. The second-order valence-electron chi connectivity index (χ2n) is 4.36. The van der Waals surface area contributed by atoms with Crippen LogP contribution < -0.4 is 5.32 Å². The van der Waals surface area contributed by atoms with E-state index in [1.807, 2.05) is 0 Å².